The lowest BCUT2D eigenvalue weighted by Crippen LogP contribution is -2.07. The minimum Gasteiger partial charge on any atom is -0.380 e. The highest BCUT2D eigenvalue weighted by Crippen LogP contribution is 2.37. The number of rotatable bonds is 0. The van der Waals surface area contributed by atoms with Crippen molar-refractivity contribution in [2.75, 3.05) is 5.32 Å². The molecule has 0 radical (unpaired) electrons. The lowest BCUT2D eigenvalue weighted by molar-refractivity contribution is 0.431. The summed E-state index contributed by atoms with van der Waals surface area (Å²) in [5.41, 5.74) is 4.63. The molecular weight excluding hydrogens is 176 g/mol. The summed E-state index contributed by atoms with van der Waals surface area (Å²) in [5, 5.41) is 7.17. The van der Waals surface area contributed by atoms with Gasteiger partial charge in [0.05, 0.1) is 6.20 Å². The van der Waals surface area contributed by atoms with Crippen LogP contribution < -0.4 is 5.32 Å². The minimum absolute atomic E-state index is 0.801. The van der Waals surface area contributed by atoms with Crippen LogP contribution in [0.15, 0.2) is 28.9 Å². The van der Waals surface area contributed by atoms with E-state index < -0.39 is 0 Å². The second-order valence-electron chi connectivity index (χ2n) is 3.53. The van der Waals surface area contributed by atoms with E-state index in [0.717, 1.165) is 29.1 Å². The third-order valence-corrected chi connectivity index (χ3v) is 2.61. The molecule has 3 rings (SSSR count). The number of nitrogens with one attached hydrogen (secondary N) is 1. The highest BCUT2D eigenvalue weighted by Gasteiger charge is 2.20. The summed E-state index contributed by atoms with van der Waals surface area (Å²) in [7, 11) is 0. The van der Waals surface area contributed by atoms with Crippen LogP contribution in [0.1, 0.15) is 11.1 Å². The van der Waals surface area contributed by atoms with E-state index in [9.17, 15) is 0 Å². The van der Waals surface area contributed by atoms with Gasteiger partial charge in [0.1, 0.15) is 0 Å². The van der Waals surface area contributed by atoms with Crippen LogP contribution >= 0.6 is 0 Å². The molecule has 1 aliphatic heterocycles. The predicted molar refractivity (Wildman–Crippen MR) is 54.0 cm³/mol. The van der Waals surface area contributed by atoms with Crippen LogP contribution in [0.2, 0.25) is 0 Å². The third kappa shape index (κ3) is 0.894. The normalized spacial score (nSPS) is 12.9. The fraction of sp³-hybridized carbons (Fsp3) is 0.182. The zero-order valence-corrected chi connectivity index (χ0v) is 7.87. The maximum absolute atomic E-state index is 5.27. The van der Waals surface area contributed by atoms with Crippen LogP contribution in [-0.4, -0.2) is 5.16 Å². The van der Waals surface area contributed by atoms with Gasteiger partial charge in [0, 0.05) is 23.4 Å². The lowest BCUT2D eigenvalue weighted by atomic mass is 9.98. The Bertz CT molecular complexity index is 488. The van der Waals surface area contributed by atoms with Gasteiger partial charge in [-0.25, -0.2) is 0 Å². The van der Waals surface area contributed by atoms with Gasteiger partial charge in [0.2, 0.25) is 0 Å². The Labute approximate surface area is 81.7 Å². The molecule has 0 amide bonds. The summed E-state index contributed by atoms with van der Waals surface area (Å²) in [5.74, 6) is 0.914. The monoisotopic (exact) mass is 186 g/mol. The van der Waals surface area contributed by atoms with Crippen molar-refractivity contribution in [3.63, 3.8) is 0 Å². The zero-order valence-electron chi connectivity index (χ0n) is 7.87. The molecule has 1 aliphatic rings. The Kier molecular flexibility index (Phi) is 1.42. The predicted octanol–water partition coefficient (Wildman–Crippen LogP) is 2.58. The molecule has 0 aliphatic carbocycles. The number of nitrogens with zero attached hydrogens (tertiary/aromatic N) is 1. The van der Waals surface area contributed by atoms with E-state index in [1.54, 1.807) is 6.20 Å². The van der Waals surface area contributed by atoms with E-state index in [1.165, 1.54) is 5.56 Å². The summed E-state index contributed by atoms with van der Waals surface area (Å²) in [6.45, 7) is 2.88. The summed E-state index contributed by atoms with van der Waals surface area (Å²) in [4.78, 5) is 0. The molecule has 1 aromatic carbocycles. The zero-order chi connectivity index (χ0) is 9.54. The van der Waals surface area contributed by atoms with Gasteiger partial charge in [-0.1, -0.05) is 17.3 Å². The summed E-state index contributed by atoms with van der Waals surface area (Å²) in [6, 6.07) is 6.19. The van der Waals surface area contributed by atoms with Crippen LogP contribution in [0.25, 0.3) is 11.3 Å². The second kappa shape index (κ2) is 2.61. The first kappa shape index (κ1) is 7.62. The fourth-order valence-corrected chi connectivity index (χ4v) is 1.90. The molecule has 1 aromatic heterocycles. The van der Waals surface area contributed by atoms with E-state index in [4.69, 9.17) is 4.52 Å². The van der Waals surface area contributed by atoms with Crippen molar-refractivity contribution in [1.29, 1.82) is 0 Å². The van der Waals surface area contributed by atoms with E-state index >= 15 is 0 Å². The third-order valence-electron chi connectivity index (χ3n) is 2.61. The van der Waals surface area contributed by atoms with Gasteiger partial charge >= 0.3 is 0 Å². The molecule has 0 saturated carbocycles. The molecule has 3 heteroatoms. The molecule has 0 saturated heterocycles. The molecule has 0 bridgehead atoms. The largest absolute Gasteiger partial charge is 0.380 e. The van der Waals surface area contributed by atoms with Crippen molar-refractivity contribution in [2.24, 2.45) is 0 Å². The summed E-state index contributed by atoms with van der Waals surface area (Å²) < 4.78 is 5.27. The van der Waals surface area contributed by atoms with Crippen molar-refractivity contribution < 1.29 is 4.52 Å². The number of anilines is 1. The Morgan fingerprint density at radius 2 is 2.36 bits per heavy atom. The molecule has 0 fully saturated rings. The van der Waals surface area contributed by atoms with Gasteiger partial charge < -0.3 is 9.84 Å². The topological polar surface area (TPSA) is 38.1 Å². The quantitative estimate of drug-likeness (QED) is 0.687. The molecule has 70 valence electrons. The molecule has 0 spiro atoms. The highest BCUT2D eigenvalue weighted by atomic mass is 16.5. The van der Waals surface area contributed by atoms with Gasteiger partial charge in [0.25, 0.3) is 0 Å². The number of aromatic nitrogens is 1. The molecule has 1 N–H and O–H groups in total. The van der Waals surface area contributed by atoms with Crippen molar-refractivity contribution in [1.82, 2.24) is 5.16 Å². The molecule has 2 heterocycles. The molecular formula is C11H10N2O. The van der Waals surface area contributed by atoms with Gasteiger partial charge in [-0.15, -0.1) is 0 Å². The van der Waals surface area contributed by atoms with E-state index in [2.05, 4.69) is 29.5 Å². The summed E-state index contributed by atoms with van der Waals surface area (Å²) >= 11 is 0. The van der Waals surface area contributed by atoms with E-state index in [0.29, 0.717) is 0 Å². The van der Waals surface area contributed by atoms with Gasteiger partial charge in [-0.3, -0.25) is 0 Å². The Balaban J connectivity index is 2.34. The summed E-state index contributed by atoms with van der Waals surface area (Å²) in [6.07, 6.45) is 1.78. The number of benzene rings is 1. The molecule has 2 aromatic rings. The first-order valence-corrected chi connectivity index (χ1v) is 4.63. The SMILES string of the molecule is Cc1cccc2c1-c1oncc1CN2. The number of hydrogen-bond acceptors (Lipinski definition) is 3. The Morgan fingerprint density at radius 1 is 1.43 bits per heavy atom. The fourth-order valence-electron chi connectivity index (χ4n) is 1.90. The van der Waals surface area contributed by atoms with Crippen LogP contribution in [0.5, 0.6) is 0 Å². The number of fused-ring (bicyclic) bond motifs is 3. The van der Waals surface area contributed by atoms with Crippen LogP contribution in [0, 0.1) is 6.92 Å². The van der Waals surface area contributed by atoms with Gasteiger partial charge in [-0.2, -0.15) is 0 Å². The second-order valence-corrected chi connectivity index (χ2v) is 3.53. The highest BCUT2D eigenvalue weighted by molar-refractivity contribution is 5.81. The van der Waals surface area contributed by atoms with Crippen molar-refractivity contribution in [2.45, 2.75) is 13.5 Å². The van der Waals surface area contributed by atoms with Crippen molar-refractivity contribution >= 4 is 5.69 Å². The van der Waals surface area contributed by atoms with Gasteiger partial charge in [-0.05, 0) is 18.6 Å². The van der Waals surface area contributed by atoms with Crippen LogP contribution in [0.4, 0.5) is 5.69 Å². The van der Waals surface area contributed by atoms with Crippen molar-refractivity contribution in [3.05, 3.63) is 35.5 Å². The maximum Gasteiger partial charge on any atom is 0.174 e. The molecule has 3 nitrogen and oxygen atoms in total. The molecule has 0 unspecified atom stereocenters. The molecule has 0 atom stereocenters. The average Bonchev–Trinajstić information content (AvgIpc) is 2.65. The Morgan fingerprint density at radius 3 is 3.29 bits per heavy atom. The number of aryl methyl sites for hydroxylation is 1. The standard InChI is InChI=1S/C11H10N2O/c1-7-3-2-4-9-10(7)11-8(5-12-9)6-13-14-11/h2-4,6,12H,5H2,1H3. The van der Waals surface area contributed by atoms with Crippen molar-refractivity contribution in [3.8, 4) is 11.3 Å². The smallest absolute Gasteiger partial charge is 0.174 e. The van der Waals surface area contributed by atoms with E-state index in [-0.39, 0.29) is 0 Å². The van der Waals surface area contributed by atoms with Crippen LogP contribution in [-0.2, 0) is 6.54 Å². The minimum atomic E-state index is 0.801. The van der Waals surface area contributed by atoms with Crippen LogP contribution in [0.3, 0.4) is 0 Å². The Hall–Kier alpha value is -1.77. The molecule has 14 heavy (non-hydrogen) atoms. The van der Waals surface area contributed by atoms with Gasteiger partial charge in [0.15, 0.2) is 5.76 Å². The first-order chi connectivity index (χ1) is 6.86. The maximum atomic E-state index is 5.27. The lowest BCUT2D eigenvalue weighted by Gasteiger charge is -2.17. The number of hydrogen-bond donors (Lipinski definition) is 1. The first-order valence-electron chi connectivity index (χ1n) is 4.63. The average molecular weight is 186 g/mol. The van der Waals surface area contributed by atoms with E-state index in [1.807, 2.05) is 6.07 Å².